The Bertz CT molecular complexity index is 1120. The summed E-state index contributed by atoms with van der Waals surface area (Å²) in [4.78, 5) is 50.8. The quantitative estimate of drug-likeness (QED) is 0.0395. The summed E-state index contributed by atoms with van der Waals surface area (Å²) >= 11 is 0. The van der Waals surface area contributed by atoms with E-state index in [-0.39, 0.29) is 22.8 Å². The Labute approximate surface area is 356 Å². The summed E-state index contributed by atoms with van der Waals surface area (Å²) in [6.07, 6.45) is 35.2. The van der Waals surface area contributed by atoms with E-state index in [1.54, 1.807) is 6.92 Å². The molecule has 0 aliphatic rings. The Hall–Kier alpha value is -2.22. The van der Waals surface area contributed by atoms with Gasteiger partial charge in [0.25, 0.3) is 0 Å². The number of nitrogens with one attached hydrogen (secondary N) is 1. The highest BCUT2D eigenvalue weighted by molar-refractivity contribution is 5.69. The third-order valence-corrected chi connectivity index (χ3v) is 12.3. The molecule has 1 N–H and O–H groups in total. The molecule has 8 heteroatoms. The number of esters is 2. The van der Waals surface area contributed by atoms with Crippen LogP contribution in [0.1, 0.15) is 232 Å². The van der Waals surface area contributed by atoms with Crippen LogP contribution in [-0.4, -0.2) is 56.2 Å². The van der Waals surface area contributed by atoms with Gasteiger partial charge in [0.05, 0.1) is 18.9 Å². The van der Waals surface area contributed by atoms with Crippen molar-refractivity contribution in [1.29, 1.82) is 0 Å². The van der Waals surface area contributed by atoms with Crippen LogP contribution in [-0.2, 0) is 19.1 Å². The van der Waals surface area contributed by atoms with Gasteiger partial charge >= 0.3 is 11.9 Å². The second kappa shape index (κ2) is 37.8. The lowest BCUT2D eigenvalue weighted by Gasteiger charge is -2.23. The van der Waals surface area contributed by atoms with E-state index in [9.17, 15) is 19.2 Å². The lowest BCUT2D eigenvalue weighted by Crippen LogP contribution is -2.37. The third-order valence-electron chi connectivity index (χ3n) is 12.3. The van der Waals surface area contributed by atoms with Gasteiger partial charge < -0.3 is 19.7 Å². The van der Waals surface area contributed by atoms with Crippen LogP contribution in [0.2, 0.25) is 0 Å². The highest BCUT2D eigenvalue weighted by atomic mass is 16.5. The summed E-state index contributed by atoms with van der Waals surface area (Å²) in [5.74, 6) is 1.32. The molecule has 0 amide bonds. The molecule has 338 valence electrons. The molecule has 0 aromatic heterocycles. The second-order valence-corrected chi connectivity index (χ2v) is 17.5. The van der Waals surface area contributed by atoms with Crippen LogP contribution in [0.4, 0.5) is 5.69 Å². The SMILES string of the molecule is CCCCCC(CCCCC)CCOC(=O)CCCCCCCN(CCCCCCCC(=O)OCCC(CCCCC)CCCCC)CCCNc1c(C)c(=O)c1=O. The van der Waals surface area contributed by atoms with Crippen LogP contribution < -0.4 is 16.2 Å². The van der Waals surface area contributed by atoms with Gasteiger partial charge in [-0.3, -0.25) is 19.2 Å². The van der Waals surface area contributed by atoms with E-state index in [0.717, 1.165) is 103 Å². The van der Waals surface area contributed by atoms with E-state index in [1.165, 1.54) is 103 Å². The Kier molecular flexibility index (Phi) is 35.0. The zero-order valence-corrected chi connectivity index (χ0v) is 38.7. The number of nitrogens with zero attached hydrogens (tertiary/aromatic N) is 1. The fourth-order valence-corrected chi connectivity index (χ4v) is 8.26. The monoisotopic (exact) mass is 817 g/mol. The van der Waals surface area contributed by atoms with Gasteiger partial charge in [-0.25, -0.2) is 0 Å². The van der Waals surface area contributed by atoms with E-state index >= 15 is 0 Å². The van der Waals surface area contributed by atoms with Crippen LogP contribution in [0, 0.1) is 18.8 Å². The molecule has 58 heavy (non-hydrogen) atoms. The van der Waals surface area contributed by atoms with Crippen molar-refractivity contribution in [2.75, 3.05) is 44.7 Å². The molecule has 0 aliphatic carbocycles. The zero-order chi connectivity index (χ0) is 42.5. The maximum absolute atomic E-state index is 12.4. The van der Waals surface area contributed by atoms with Gasteiger partial charge in [0.2, 0.25) is 10.9 Å². The summed E-state index contributed by atoms with van der Waals surface area (Å²) in [5, 5.41) is 3.19. The number of anilines is 1. The topological polar surface area (TPSA) is 102 Å². The summed E-state index contributed by atoms with van der Waals surface area (Å²) in [6, 6.07) is 0. The van der Waals surface area contributed by atoms with E-state index in [4.69, 9.17) is 9.47 Å². The van der Waals surface area contributed by atoms with Gasteiger partial charge in [-0.15, -0.1) is 0 Å². The van der Waals surface area contributed by atoms with E-state index in [2.05, 4.69) is 37.9 Å². The predicted octanol–water partition coefficient (Wildman–Crippen LogP) is 12.8. The summed E-state index contributed by atoms with van der Waals surface area (Å²) in [5.41, 5.74) is 0.297. The highest BCUT2D eigenvalue weighted by Crippen LogP contribution is 2.23. The average molecular weight is 817 g/mol. The normalized spacial score (nSPS) is 11.7. The second-order valence-electron chi connectivity index (χ2n) is 17.5. The number of carbonyl (C=O) groups is 2. The number of hydrogen-bond acceptors (Lipinski definition) is 8. The molecular weight excluding hydrogens is 725 g/mol. The molecule has 8 nitrogen and oxygen atoms in total. The fourth-order valence-electron chi connectivity index (χ4n) is 8.26. The van der Waals surface area contributed by atoms with Crippen LogP contribution in [0.5, 0.6) is 0 Å². The van der Waals surface area contributed by atoms with Gasteiger partial charge in [-0.2, -0.15) is 0 Å². The maximum Gasteiger partial charge on any atom is 0.305 e. The summed E-state index contributed by atoms with van der Waals surface area (Å²) in [6.45, 7) is 15.6. The predicted molar refractivity (Wildman–Crippen MR) is 246 cm³/mol. The van der Waals surface area contributed by atoms with Gasteiger partial charge in [0, 0.05) is 24.9 Å². The summed E-state index contributed by atoms with van der Waals surface area (Å²) < 4.78 is 11.3. The van der Waals surface area contributed by atoms with E-state index in [0.29, 0.717) is 55.7 Å². The molecule has 0 atom stereocenters. The van der Waals surface area contributed by atoms with Crippen molar-refractivity contribution >= 4 is 17.6 Å². The Balaban J connectivity index is 2.31. The number of hydrogen-bond donors (Lipinski definition) is 1. The van der Waals surface area contributed by atoms with Crippen LogP contribution in [0.25, 0.3) is 0 Å². The van der Waals surface area contributed by atoms with Crippen molar-refractivity contribution < 1.29 is 19.1 Å². The van der Waals surface area contributed by atoms with E-state index in [1.807, 2.05) is 0 Å². The standard InChI is InChI=1S/C50H92N2O6/c1-6-10-20-29-44(30-21-11-7-2)35-41-57-46(53)33-24-16-14-18-26-38-52(40-28-37-51-48-43(5)49(55)50(48)56)39-27-19-15-17-25-34-47(54)58-42-36-45(31-22-12-8-3)32-23-13-9-4/h44-45,51H,6-42H2,1-5H3. The van der Waals surface area contributed by atoms with Crippen molar-refractivity contribution in [3.05, 3.63) is 26.0 Å². The number of unbranched alkanes of at least 4 members (excludes halogenated alkanes) is 16. The molecule has 0 spiro atoms. The minimum Gasteiger partial charge on any atom is -0.466 e. The Morgan fingerprint density at radius 1 is 0.483 bits per heavy atom. The maximum atomic E-state index is 12.4. The molecule has 1 rings (SSSR count). The molecule has 0 unspecified atom stereocenters. The van der Waals surface area contributed by atoms with Gasteiger partial charge in [0.1, 0.15) is 0 Å². The first-order chi connectivity index (χ1) is 28.3. The van der Waals surface area contributed by atoms with Gasteiger partial charge in [-0.1, -0.05) is 169 Å². The average Bonchev–Trinajstić information content (AvgIpc) is 3.22. The molecular formula is C50H92N2O6. The summed E-state index contributed by atoms with van der Waals surface area (Å²) in [7, 11) is 0. The Morgan fingerprint density at radius 3 is 1.26 bits per heavy atom. The van der Waals surface area contributed by atoms with Crippen LogP contribution in [0.3, 0.4) is 0 Å². The first-order valence-corrected chi connectivity index (χ1v) is 24.8. The lowest BCUT2D eigenvalue weighted by molar-refractivity contribution is -0.145. The van der Waals surface area contributed by atoms with Crippen molar-refractivity contribution in [2.45, 2.75) is 234 Å². The molecule has 0 heterocycles. The highest BCUT2D eigenvalue weighted by Gasteiger charge is 2.16. The first kappa shape index (κ1) is 53.8. The van der Waals surface area contributed by atoms with Gasteiger partial charge in [0.15, 0.2) is 0 Å². The molecule has 0 bridgehead atoms. The zero-order valence-electron chi connectivity index (χ0n) is 38.7. The number of ether oxygens (including phenoxy) is 2. The van der Waals surface area contributed by atoms with Crippen molar-refractivity contribution in [3.63, 3.8) is 0 Å². The molecule has 0 saturated heterocycles. The molecule has 0 saturated carbocycles. The smallest absolute Gasteiger partial charge is 0.305 e. The lowest BCUT2D eigenvalue weighted by atomic mass is 9.92. The van der Waals surface area contributed by atoms with Crippen molar-refractivity contribution in [1.82, 2.24) is 4.90 Å². The number of carbonyl (C=O) groups excluding carboxylic acids is 2. The Morgan fingerprint density at radius 2 is 0.862 bits per heavy atom. The fraction of sp³-hybridized carbons (Fsp3) is 0.880. The number of rotatable bonds is 43. The van der Waals surface area contributed by atoms with Crippen LogP contribution >= 0.6 is 0 Å². The molecule has 0 radical (unpaired) electrons. The molecule has 1 aromatic rings. The van der Waals surface area contributed by atoms with Crippen molar-refractivity contribution in [2.24, 2.45) is 11.8 Å². The van der Waals surface area contributed by atoms with Crippen LogP contribution in [0.15, 0.2) is 9.59 Å². The third kappa shape index (κ3) is 28.3. The molecule has 1 aromatic carbocycles. The van der Waals surface area contributed by atoms with E-state index < -0.39 is 0 Å². The van der Waals surface area contributed by atoms with Crippen molar-refractivity contribution in [3.8, 4) is 0 Å². The van der Waals surface area contributed by atoms with Gasteiger partial charge in [-0.05, 0) is 83.3 Å². The minimum absolute atomic E-state index is 0.0332. The molecule has 0 fully saturated rings. The largest absolute Gasteiger partial charge is 0.466 e. The first-order valence-electron chi connectivity index (χ1n) is 24.8. The molecule has 0 aliphatic heterocycles. The minimum atomic E-state index is -0.385.